The number of hydrogen-bond acceptors (Lipinski definition) is 5. The number of nitrogens with zero attached hydrogens (tertiary/aromatic N) is 2. The second-order valence-corrected chi connectivity index (χ2v) is 8.44. The van der Waals surface area contributed by atoms with E-state index in [1.807, 2.05) is 29.2 Å². The van der Waals surface area contributed by atoms with Crippen molar-refractivity contribution in [2.75, 3.05) is 13.1 Å². The number of amides is 1. The molecule has 140 valence electrons. The van der Waals surface area contributed by atoms with Crippen LogP contribution in [0.15, 0.2) is 40.8 Å². The molecular formula is C20H19ClN2O3S. The van der Waals surface area contributed by atoms with Gasteiger partial charge in [-0.3, -0.25) is 9.59 Å². The van der Waals surface area contributed by atoms with E-state index < -0.39 is 0 Å². The van der Waals surface area contributed by atoms with Crippen LogP contribution in [-0.2, 0) is 4.79 Å². The number of rotatable bonds is 5. The Bertz CT molecular complexity index is 947. The van der Waals surface area contributed by atoms with Crippen LogP contribution in [0.3, 0.4) is 0 Å². The molecule has 4 rings (SSSR count). The lowest BCUT2D eigenvalue weighted by atomic mass is 9.97. The number of likely N-dealkylation sites (tertiary alicyclic amines) is 1. The van der Waals surface area contributed by atoms with Crippen molar-refractivity contribution in [3.63, 3.8) is 0 Å². The number of carbonyl (C=O) groups is 2. The summed E-state index contributed by atoms with van der Waals surface area (Å²) in [6.07, 6.45) is 2.28. The minimum absolute atomic E-state index is 0.00631. The fraction of sp³-hybridized carbons (Fsp3) is 0.350. The first-order valence-corrected chi connectivity index (χ1v) is 10.2. The van der Waals surface area contributed by atoms with Crippen LogP contribution in [0.2, 0.25) is 4.34 Å². The van der Waals surface area contributed by atoms with Crippen LogP contribution < -0.4 is 0 Å². The zero-order valence-corrected chi connectivity index (χ0v) is 16.3. The number of carbonyl (C=O) groups excluding carboxylic acids is 2. The number of para-hydroxylation sites is 2. The van der Waals surface area contributed by atoms with Crippen molar-refractivity contribution < 1.29 is 14.0 Å². The Kier molecular flexibility index (Phi) is 5.27. The molecule has 5 nitrogen and oxygen atoms in total. The highest BCUT2D eigenvalue weighted by atomic mass is 35.5. The summed E-state index contributed by atoms with van der Waals surface area (Å²) in [5.74, 6) is 0.763. The van der Waals surface area contributed by atoms with Crippen LogP contribution in [0.4, 0.5) is 0 Å². The van der Waals surface area contributed by atoms with E-state index in [1.54, 1.807) is 12.1 Å². The topological polar surface area (TPSA) is 63.4 Å². The molecular weight excluding hydrogens is 384 g/mol. The van der Waals surface area contributed by atoms with Gasteiger partial charge in [0.15, 0.2) is 17.3 Å². The van der Waals surface area contributed by atoms with Gasteiger partial charge in [-0.15, -0.1) is 11.3 Å². The van der Waals surface area contributed by atoms with Crippen molar-refractivity contribution in [1.82, 2.24) is 9.88 Å². The molecule has 0 bridgehead atoms. The quantitative estimate of drug-likeness (QED) is 0.568. The summed E-state index contributed by atoms with van der Waals surface area (Å²) in [6, 6.07) is 11.1. The van der Waals surface area contributed by atoms with E-state index in [4.69, 9.17) is 16.0 Å². The first kappa shape index (κ1) is 18.2. The Hall–Kier alpha value is -2.18. The van der Waals surface area contributed by atoms with Gasteiger partial charge in [0.05, 0.1) is 15.1 Å². The van der Waals surface area contributed by atoms with Crippen LogP contribution >= 0.6 is 22.9 Å². The number of oxazole rings is 1. The van der Waals surface area contributed by atoms with Gasteiger partial charge >= 0.3 is 0 Å². The third kappa shape index (κ3) is 4.06. The highest BCUT2D eigenvalue weighted by Crippen LogP contribution is 2.29. The highest BCUT2D eigenvalue weighted by Gasteiger charge is 2.28. The van der Waals surface area contributed by atoms with Gasteiger partial charge in [-0.05, 0) is 37.1 Å². The van der Waals surface area contributed by atoms with Gasteiger partial charge in [-0.2, -0.15) is 0 Å². The molecule has 2 aromatic heterocycles. The highest BCUT2D eigenvalue weighted by molar-refractivity contribution is 7.18. The van der Waals surface area contributed by atoms with Crippen LogP contribution in [0, 0.1) is 0 Å². The van der Waals surface area contributed by atoms with E-state index in [-0.39, 0.29) is 30.4 Å². The lowest BCUT2D eigenvalue weighted by Gasteiger charge is -2.31. The molecule has 1 atom stereocenters. The molecule has 1 amide bonds. The second-order valence-electron chi connectivity index (χ2n) is 6.73. The molecule has 1 saturated heterocycles. The van der Waals surface area contributed by atoms with E-state index in [0.29, 0.717) is 28.2 Å². The van der Waals surface area contributed by atoms with Gasteiger partial charge in [0.1, 0.15) is 5.52 Å². The Morgan fingerprint density at radius 3 is 2.85 bits per heavy atom. The largest absolute Gasteiger partial charge is 0.440 e. The molecule has 1 aliphatic heterocycles. The monoisotopic (exact) mass is 402 g/mol. The van der Waals surface area contributed by atoms with E-state index in [2.05, 4.69) is 4.98 Å². The standard InChI is InChI=1S/C20H19ClN2O3S/c21-18-9-8-17(27-18)15(24)7-10-19(25)23-11-3-4-13(12-23)20-22-14-5-1-2-6-16(14)26-20/h1-2,5-6,8-9,13H,3-4,7,10-12H2/t13-/m1/s1. The van der Waals surface area contributed by atoms with Gasteiger partial charge < -0.3 is 9.32 Å². The molecule has 1 aromatic carbocycles. The third-order valence-corrected chi connectivity index (χ3v) is 6.12. The molecule has 0 aliphatic carbocycles. The molecule has 0 spiro atoms. The van der Waals surface area contributed by atoms with Crippen LogP contribution in [0.1, 0.15) is 47.2 Å². The molecule has 0 unspecified atom stereocenters. The first-order valence-electron chi connectivity index (χ1n) is 9.02. The number of aromatic nitrogens is 1. The summed E-state index contributed by atoms with van der Waals surface area (Å²) >= 11 is 7.12. The summed E-state index contributed by atoms with van der Waals surface area (Å²) in [5, 5.41) is 0. The molecule has 1 aliphatic rings. The molecule has 0 N–H and O–H groups in total. The molecule has 7 heteroatoms. The maximum atomic E-state index is 12.6. The summed E-state index contributed by atoms with van der Waals surface area (Å²) in [7, 11) is 0. The molecule has 3 heterocycles. The molecule has 1 fully saturated rings. The number of halogens is 1. The maximum absolute atomic E-state index is 12.6. The number of ketones is 1. The van der Waals surface area contributed by atoms with Gasteiger partial charge in [-0.1, -0.05) is 23.7 Å². The number of fused-ring (bicyclic) bond motifs is 1. The Labute approximate surface area is 165 Å². The van der Waals surface area contributed by atoms with Crippen LogP contribution in [0.25, 0.3) is 11.1 Å². The second kappa shape index (κ2) is 7.82. The molecule has 0 radical (unpaired) electrons. The van der Waals surface area contributed by atoms with E-state index in [1.165, 1.54) is 11.3 Å². The van der Waals surface area contributed by atoms with Gasteiger partial charge in [-0.25, -0.2) is 4.98 Å². The van der Waals surface area contributed by atoms with Crippen molar-refractivity contribution in [2.24, 2.45) is 0 Å². The van der Waals surface area contributed by atoms with Crippen molar-refractivity contribution in [1.29, 1.82) is 0 Å². The summed E-state index contributed by atoms with van der Waals surface area (Å²) < 4.78 is 6.46. The van der Waals surface area contributed by atoms with Gasteiger partial charge in [0, 0.05) is 25.9 Å². The van der Waals surface area contributed by atoms with E-state index in [0.717, 1.165) is 23.9 Å². The lowest BCUT2D eigenvalue weighted by Crippen LogP contribution is -2.39. The van der Waals surface area contributed by atoms with E-state index >= 15 is 0 Å². The fourth-order valence-electron chi connectivity index (χ4n) is 3.44. The Morgan fingerprint density at radius 2 is 2.07 bits per heavy atom. The molecule has 27 heavy (non-hydrogen) atoms. The maximum Gasteiger partial charge on any atom is 0.223 e. The van der Waals surface area contributed by atoms with Gasteiger partial charge in [0.25, 0.3) is 0 Å². The van der Waals surface area contributed by atoms with Crippen molar-refractivity contribution in [3.8, 4) is 0 Å². The Balaban J connectivity index is 1.37. The van der Waals surface area contributed by atoms with Crippen LogP contribution in [0.5, 0.6) is 0 Å². The lowest BCUT2D eigenvalue weighted by molar-refractivity contribution is -0.132. The van der Waals surface area contributed by atoms with Crippen molar-refractivity contribution in [2.45, 2.75) is 31.6 Å². The average Bonchev–Trinajstić information content (AvgIpc) is 3.32. The number of benzene rings is 1. The number of piperidine rings is 1. The predicted octanol–water partition coefficient (Wildman–Crippen LogP) is 4.91. The predicted molar refractivity (Wildman–Crippen MR) is 105 cm³/mol. The fourth-order valence-corrected chi connectivity index (χ4v) is 4.45. The van der Waals surface area contributed by atoms with E-state index in [9.17, 15) is 9.59 Å². The average molecular weight is 403 g/mol. The summed E-state index contributed by atoms with van der Waals surface area (Å²) in [4.78, 5) is 31.8. The number of hydrogen-bond donors (Lipinski definition) is 0. The minimum Gasteiger partial charge on any atom is -0.440 e. The first-order chi connectivity index (χ1) is 13.1. The SMILES string of the molecule is O=C(CCC(=O)N1CCC[C@@H](c2nc3ccccc3o2)C1)c1ccc(Cl)s1. The van der Waals surface area contributed by atoms with Crippen LogP contribution in [-0.4, -0.2) is 34.7 Å². The van der Waals surface area contributed by atoms with Crippen molar-refractivity contribution >= 4 is 45.7 Å². The molecule has 3 aromatic rings. The zero-order valence-electron chi connectivity index (χ0n) is 14.7. The third-order valence-electron chi connectivity index (χ3n) is 4.85. The minimum atomic E-state index is -0.0345. The summed E-state index contributed by atoms with van der Waals surface area (Å²) in [5.41, 5.74) is 1.62. The number of thiophene rings is 1. The summed E-state index contributed by atoms with van der Waals surface area (Å²) in [6.45, 7) is 1.30. The van der Waals surface area contributed by atoms with Gasteiger partial charge in [0.2, 0.25) is 5.91 Å². The molecule has 0 saturated carbocycles. The zero-order chi connectivity index (χ0) is 18.8. The number of Topliss-reactive ketones (excluding diaryl/α,β-unsaturated/α-hetero) is 1. The smallest absolute Gasteiger partial charge is 0.223 e. The normalized spacial score (nSPS) is 17.4. The van der Waals surface area contributed by atoms with Crippen molar-refractivity contribution in [3.05, 3.63) is 51.5 Å². The Morgan fingerprint density at radius 1 is 1.22 bits per heavy atom.